The van der Waals surface area contributed by atoms with Gasteiger partial charge in [0.05, 0.1) is 6.10 Å². The van der Waals surface area contributed by atoms with Gasteiger partial charge in [-0.2, -0.15) is 0 Å². The predicted molar refractivity (Wildman–Crippen MR) is 85.1 cm³/mol. The number of hydrogen-bond acceptors (Lipinski definition) is 3. The van der Waals surface area contributed by atoms with E-state index in [0.717, 1.165) is 19.7 Å². The van der Waals surface area contributed by atoms with Crippen LogP contribution in [0.4, 0.5) is 0 Å². The van der Waals surface area contributed by atoms with Crippen molar-refractivity contribution < 1.29 is 4.74 Å². The zero-order valence-electron chi connectivity index (χ0n) is 14.0. The Morgan fingerprint density at radius 3 is 2.65 bits per heavy atom. The Hall–Kier alpha value is -0.120. The van der Waals surface area contributed by atoms with Gasteiger partial charge in [-0.3, -0.25) is 4.90 Å². The molecule has 0 aromatic heterocycles. The lowest BCUT2D eigenvalue weighted by molar-refractivity contribution is -0.0278. The summed E-state index contributed by atoms with van der Waals surface area (Å²) in [6.07, 6.45) is 6.90. The van der Waals surface area contributed by atoms with Crippen molar-refractivity contribution in [2.75, 3.05) is 26.2 Å². The van der Waals surface area contributed by atoms with E-state index in [2.05, 4.69) is 37.9 Å². The van der Waals surface area contributed by atoms with Gasteiger partial charge in [-0.25, -0.2) is 0 Å². The zero-order valence-corrected chi connectivity index (χ0v) is 14.0. The van der Waals surface area contributed by atoms with Crippen molar-refractivity contribution in [3.63, 3.8) is 0 Å². The molecule has 0 spiro atoms. The molecule has 3 unspecified atom stereocenters. The zero-order chi connectivity index (χ0) is 14.6. The number of nitrogens with zero attached hydrogens (tertiary/aromatic N) is 1. The molecule has 2 aliphatic heterocycles. The fourth-order valence-corrected chi connectivity index (χ4v) is 3.49. The molecule has 0 aromatic carbocycles. The Labute approximate surface area is 125 Å². The van der Waals surface area contributed by atoms with Gasteiger partial charge >= 0.3 is 0 Å². The third-order valence-electron chi connectivity index (χ3n) is 4.91. The second-order valence-electron chi connectivity index (χ2n) is 7.71. The average Bonchev–Trinajstić information content (AvgIpc) is 2.41. The Morgan fingerprint density at radius 1 is 1.25 bits per heavy atom. The SMILES string of the molecule is CCCC1CNC(C(C)(C)C)CN1CC1CCCCO1. The highest BCUT2D eigenvalue weighted by Gasteiger charge is 2.34. The molecule has 1 N–H and O–H groups in total. The minimum absolute atomic E-state index is 0.336. The minimum atomic E-state index is 0.336. The summed E-state index contributed by atoms with van der Waals surface area (Å²) in [6, 6.07) is 1.29. The molecule has 3 atom stereocenters. The highest BCUT2D eigenvalue weighted by molar-refractivity contribution is 4.92. The molecule has 0 aliphatic carbocycles. The number of rotatable bonds is 4. The summed E-state index contributed by atoms with van der Waals surface area (Å²) < 4.78 is 5.97. The van der Waals surface area contributed by atoms with Crippen LogP contribution in [0.25, 0.3) is 0 Å². The molecule has 0 aromatic rings. The second kappa shape index (κ2) is 7.24. The molecule has 20 heavy (non-hydrogen) atoms. The topological polar surface area (TPSA) is 24.5 Å². The average molecular weight is 282 g/mol. The molecule has 0 bridgehead atoms. The summed E-state index contributed by atoms with van der Waals surface area (Å²) in [6.45, 7) is 13.8. The first-order valence-electron chi connectivity index (χ1n) is 8.59. The van der Waals surface area contributed by atoms with Crippen molar-refractivity contribution >= 4 is 0 Å². The minimum Gasteiger partial charge on any atom is -0.377 e. The van der Waals surface area contributed by atoms with Crippen molar-refractivity contribution in [1.29, 1.82) is 0 Å². The molecule has 3 heteroatoms. The second-order valence-corrected chi connectivity index (χ2v) is 7.71. The first kappa shape index (κ1) is 16.3. The molecule has 2 fully saturated rings. The van der Waals surface area contributed by atoms with E-state index in [1.165, 1.54) is 38.6 Å². The van der Waals surface area contributed by atoms with Gasteiger partial charge < -0.3 is 10.1 Å². The summed E-state index contributed by atoms with van der Waals surface area (Å²) >= 11 is 0. The normalized spacial score (nSPS) is 33.3. The third-order valence-corrected chi connectivity index (χ3v) is 4.91. The Kier molecular flexibility index (Phi) is 5.88. The third kappa shape index (κ3) is 4.44. The van der Waals surface area contributed by atoms with Crippen LogP contribution in [-0.2, 0) is 4.74 Å². The van der Waals surface area contributed by atoms with E-state index in [4.69, 9.17) is 4.74 Å². The maximum Gasteiger partial charge on any atom is 0.0702 e. The molecule has 0 amide bonds. The lowest BCUT2D eigenvalue weighted by Crippen LogP contribution is -2.61. The van der Waals surface area contributed by atoms with Crippen LogP contribution < -0.4 is 5.32 Å². The maximum absolute atomic E-state index is 5.97. The molecular weight excluding hydrogens is 248 g/mol. The van der Waals surface area contributed by atoms with Gasteiger partial charge in [0.2, 0.25) is 0 Å². The molecule has 0 saturated carbocycles. The van der Waals surface area contributed by atoms with Crippen LogP contribution in [0.15, 0.2) is 0 Å². The van der Waals surface area contributed by atoms with Crippen LogP contribution in [0.1, 0.15) is 59.8 Å². The summed E-state index contributed by atoms with van der Waals surface area (Å²) in [7, 11) is 0. The van der Waals surface area contributed by atoms with Crippen molar-refractivity contribution in [3.8, 4) is 0 Å². The van der Waals surface area contributed by atoms with E-state index >= 15 is 0 Å². The molecule has 118 valence electrons. The monoisotopic (exact) mass is 282 g/mol. The summed E-state index contributed by atoms with van der Waals surface area (Å²) in [4.78, 5) is 2.71. The Balaban J connectivity index is 1.94. The highest BCUT2D eigenvalue weighted by atomic mass is 16.5. The Morgan fingerprint density at radius 2 is 2.05 bits per heavy atom. The number of ether oxygens (including phenoxy) is 1. The van der Waals surface area contributed by atoms with Crippen LogP contribution >= 0.6 is 0 Å². The highest BCUT2D eigenvalue weighted by Crippen LogP contribution is 2.26. The summed E-state index contributed by atoms with van der Waals surface area (Å²) in [5.41, 5.74) is 0.336. The lowest BCUT2D eigenvalue weighted by atomic mass is 9.84. The van der Waals surface area contributed by atoms with Gasteiger partial charge in [0.25, 0.3) is 0 Å². The standard InChI is InChI=1S/C17H34N2O/c1-5-8-14-11-18-16(17(2,3)4)13-19(14)12-15-9-6-7-10-20-15/h14-16,18H,5-13H2,1-4H3. The molecular formula is C17H34N2O. The van der Waals surface area contributed by atoms with Crippen molar-refractivity contribution in [2.45, 2.75) is 78.0 Å². The largest absolute Gasteiger partial charge is 0.377 e. The van der Waals surface area contributed by atoms with Crippen molar-refractivity contribution in [2.24, 2.45) is 5.41 Å². The summed E-state index contributed by atoms with van der Waals surface area (Å²) in [5, 5.41) is 3.78. The predicted octanol–water partition coefficient (Wildman–Crippen LogP) is 3.04. The van der Waals surface area contributed by atoms with E-state index in [1.54, 1.807) is 0 Å². The fraction of sp³-hybridized carbons (Fsp3) is 1.00. The van der Waals surface area contributed by atoms with Gasteiger partial charge in [0.15, 0.2) is 0 Å². The van der Waals surface area contributed by atoms with Crippen molar-refractivity contribution in [1.82, 2.24) is 10.2 Å². The van der Waals surface area contributed by atoms with E-state index in [1.807, 2.05) is 0 Å². The van der Waals surface area contributed by atoms with Crippen LogP contribution in [-0.4, -0.2) is 49.3 Å². The molecule has 2 rings (SSSR count). The fourth-order valence-electron chi connectivity index (χ4n) is 3.49. The molecule has 3 nitrogen and oxygen atoms in total. The van der Waals surface area contributed by atoms with Crippen LogP contribution in [0, 0.1) is 5.41 Å². The first-order valence-corrected chi connectivity index (χ1v) is 8.59. The Bertz CT molecular complexity index is 281. The summed E-state index contributed by atoms with van der Waals surface area (Å²) in [5.74, 6) is 0. The number of nitrogens with one attached hydrogen (secondary N) is 1. The van der Waals surface area contributed by atoms with Crippen molar-refractivity contribution in [3.05, 3.63) is 0 Å². The maximum atomic E-state index is 5.97. The first-order chi connectivity index (χ1) is 9.50. The van der Waals surface area contributed by atoms with E-state index in [9.17, 15) is 0 Å². The van der Waals surface area contributed by atoms with Gasteiger partial charge in [0.1, 0.15) is 0 Å². The molecule has 2 saturated heterocycles. The number of hydrogen-bond donors (Lipinski definition) is 1. The lowest BCUT2D eigenvalue weighted by Gasteiger charge is -2.46. The van der Waals surface area contributed by atoms with Gasteiger partial charge in [-0.05, 0) is 31.1 Å². The molecule has 0 radical (unpaired) electrons. The number of piperazine rings is 1. The molecule has 2 aliphatic rings. The van der Waals surface area contributed by atoms with Gasteiger partial charge in [-0.15, -0.1) is 0 Å². The van der Waals surface area contributed by atoms with Crippen LogP contribution in [0.3, 0.4) is 0 Å². The van der Waals surface area contributed by atoms with Gasteiger partial charge in [-0.1, -0.05) is 34.1 Å². The smallest absolute Gasteiger partial charge is 0.0702 e. The van der Waals surface area contributed by atoms with E-state index in [-0.39, 0.29) is 0 Å². The van der Waals surface area contributed by atoms with Gasteiger partial charge in [0, 0.05) is 38.3 Å². The van der Waals surface area contributed by atoms with Crippen LogP contribution in [0.5, 0.6) is 0 Å². The quantitative estimate of drug-likeness (QED) is 0.858. The van der Waals surface area contributed by atoms with E-state index < -0.39 is 0 Å². The molecule has 2 heterocycles. The van der Waals surface area contributed by atoms with Crippen LogP contribution in [0.2, 0.25) is 0 Å². The van der Waals surface area contributed by atoms with E-state index in [0.29, 0.717) is 23.6 Å².